The van der Waals surface area contributed by atoms with Gasteiger partial charge < -0.3 is 15.1 Å². The summed E-state index contributed by atoms with van der Waals surface area (Å²) in [5, 5.41) is 18.8. The Morgan fingerprint density at radius 2 is 1.60 bits per heavy atom. The molecule has 0 radical (unpaired) electrons. The Morgan fingerprint density at radius 1 is 0.960 bits per heavy atom. The fourth-order valence-corrected chi connectivity index (χ4v) is 4.24. The summed E-state index contributed by atoms with van der Waals surface area (Å²) in [5.74, 6) is -0.00600. The van der Waals surface area contributed by atoms with E-state index < -0.39 is 5.97 Å². The first-order chi connectivity index (χ1) is 12.2. The maximum absolute atomic E-state index is 11.0. The third-order valence-electron chi connectivity index (χ3n) is 5.69. The summed E-state index contributed by atoms with van der Waals surface area (Å²) in [5.41, 5.74) is 1.47. The molecule has 0 spiro atoms. The normalized spacial score (nSPS) is 25.8. The zero-order valence-electron chi connectivity index (χ0n) is 14.9. The predicted octanol–water partition coefficient (Wildman–Crippen LogP) is 2.30. The molecule has 2 aliphatic heterocycles. The molecule has 2 heterocycles. The average molecular weight is 346 g/mol. The molecule has 0 bridgehead atoms. The minimum Gasteiger partial charge on any atom is -0.478 e. The van der Waals surface area contributed by atoms with Gasteiger partial charge in [-0.3, -0.25) is 4.90 Å². The van der Waals surface area contributed by atoms with E-state index in [0.717, 1.165) is 31.7 Å². The maximum Gasteiger partial charge on any atom is 0.335 e. The van der Waals surface area contributed by atoms with Gasteiger partial charge in [-0.15, -0.1) is 0 Å². The fraction of sp³-hybridized carbons (Fsp3) is 0.650. The number of carboxylic acids is 1. The van der Waals surface area contributed by atoms with Crippen LogP contribution in [0.15, 0.2) is 24.3 Å². The number of aliphatic hydroxyl groups is 1. The van der Waals surface area contributed by atoms with Gasteiger partial charge >= 0.3 is 5.97 Å². The second kappa shape index (κ2) is 8.79. The van der Waals surface area contributed by atoms with Crippen LogP contribution in [0.2, 0.25) is 0 Å². The standard InChI is InChI=1S/C20H30N2O3/c23-15-19-14-22(11-16-5-7-17(8-6-16)20(24)25)13-18(19)12-21-9-3-1-2-4-10-21/h5-8,18-19,23H,1-4,9-15H2,(H,24,25)/t18-,19-/m1/s1. The van der Waals surface area contributed by atoms with Gasteiger partial charge in [0.15, 0.2) is 0 Å². The molecule has 5 nitrogen and oxygen atoms in total. The Kier molecular flexibility index (Phi) is 6.45. The van der Waals surface area contributed by atoms with Gasteiger partial charge in [-0.2, -0.15) is 0 Å². The topological polar surface area (TPSA) is 64.0 Å². The van der Waals surface area contributed by atoms with Crippen LogP contribution in [0, 0.1) is 11.8 Å². The van der Waals surface area contributed by atoms with E-state index in [4.69, 9.17) is 5.11 Å². The number of aromatic carboxylic acids is 1. The molecule has 25 heavy (non-hydrogen) atoms. The van der Waals surface area contributed by atoms with Crippen molar-refractivity contribution in [2.75, 3.05) is 39.3 Å². The van der Waals surface area contributed by atoms with E-state index in [9.17, 15) is 9.90 Å². The van der Waals surface area contributed by atoms with Gasteiger partial charge in [0.05, 0.1) is 5.56 Å². The van der Waals surface area contributed by atoms with E-state index in [-0.39, 0.29) is 6.61 Å². The predicted molar refractivity (Wildman–Crippen MR) is 97.7 cm³/mol. The molecule has 2 aliphatic rings. The van der Waals surface area contributed by atoms with Crippen molar-refractivity contribution in [3.63, 3.8) is 0 Å². The van der Waals surface area contributed by atoms with Crippen LogP contribution in [0.1, 0.15) is 41.6 Å². The summed E-state index contributed by atoms with van der Waals surface area (Å²) in [6, 6.07) is 7.15. The molecule has 5 heteroatoms. The molecule has 1 aromatic carbocycles. The molecule has 138 valence electrons. The van der Waals surface area contributed by atoms with E-state index in [1.165, 1.54) is 38.8 Å². The van der Waals surface area contributed by atoms with Crippen LogP contribution in [-0.4, -0.2) is 65.3 Å². The zero-order chi connectivity index (χ0) is 17.6. The molecule has 0 saturated carbocycles. The van der Waals surface area contributed by atoms with Crippen molar-refractivity contribution in [1.29, 1.82) is 0 Å². The lowest BCUT2D eigenvalue weighted by molar-refractivity contribution is 0.0697. The summed E-state index contributed by atoms with van der Waals surface area (Å²) >= 11 is 0. The summed E-state index contributed by atoms with van der Waals surface area (Å²) in [4.78, 5) is 15.9. The monoisotopic (exact) mass is 346 g/mol. The lowest BCUT2D eigenvalue weighted by atomic mass is 9.96. The van der Waals surface area contributed by atoms with Gasteiger partial charge in [-0.25, -0.2) is 4.79 Å². The third-order valence-corrected chi connectivity index (χ3v) is 5.69. The molecule has 2 N–H and O–H groups in total. The van der Waals surface area contributed by atoms with Crippen LogP contribution in [-0.2, 0) is 6.54 Å². The Morgan fingerprint density at radius 3 is 2.20 bits per heavy atom. The Bertz CT molecular complexity index is 553. The van der Waals surface area contributed by atoms with Crippen molar-refractivity contribution < 1.29 is 15.0 Å². The van der Waals surface area contributed by atoms with Crippen molar-refractivity contribution in [3.8, 4) is 0 Å². The van der Waals surface area contributed by atoms with E-state index in [1.54, 1.807) is 12.1 Å². The van der Waals surface area contributed by atoms with Crippen LogP contribution in [0.25, 0.3) is 0 Å². The second-order valence-corrected chi connectivity index (χ2v) is 7.61. The molecule has 2 saturated heterocycles. The Hall–Kier alpha value is -1.43. The third kappa shape index (κ3) is 5.03. The number of nitrogens with zero attached hydrogens (tertiary/aromatic N) is 2. The van der Waals surface area contributed by atoms with E-state index in [1.807, 2.05) is 12.1 Å². The fourth-order valence-electron chi connectivity index (χ4n) is 4.24. The van der Waals surface area contributed by atoms with E-state index in [2.05, 4.69) is 9.80 Å². The molecule has 0 aliphatic carbocycles. The van der Waals surface area contributed by atoms with Gasteiger partial charge in [0, 0.05) is 32.8 Å². The number of rotatable bonds is 6. The zero-order valence-corrected chi connectivity index (χ0v) is 14.9. The molecule has 2 fully saturated rings. The van der Waals surface area contributed by atoms with Gasteiger partial charge in [0.25, 0.3) is 0 Å². The number of carboxylic acid groups (broad SMARTS) is 1. The van der Waals surface area contributed by atoms with Crippen LogP contribution in [0.3, 0.4) is 0 Å². The number of likely N-dealkylation sites (tertiary alicyclic amines) is 2. The van der Waals surface area contributed by atoms with Crippen molar-refractivity contribution in [2.24, 2.45) is 11.8 Å². The highest BCUT2D eigenvalue weighted by molar-refractivity contribution is 5.87. The van der Waals surface area contributed by atoms with Gasteiger partial charge in [0.2, 0.25) is 0 Å². The maximum atomic E-state index is 11.0. The molecule has 0 aromatic heterocycles. The van der Waals surface area contributed by atoms with Crippen LogP contribution < -0.4 is 0 Å². The minimum absolute atomic E-state index is 0.257. The Labute approximate surface area is 150 Å². The summed E-state index contributed by atoms with van der Waals surface area (Å²) in [7, 11) is 0. The molecule has 0 amide bonds. The molecule has 2 atom stereocenters. The number of aliphatic hydroxyl groups excluding tert-OH is 1. The van der Waals surface area contributed by atoms with Crippen LogP contribution in [0.5, 0.6) is 0 Å². The average Bonchev–Trinajstić information content (AvgIpc) is 2.80. The smallest absolute Gasteiger partial charge is 0.335 e. The molecule has 3 rings (SSSR count). The first-order valence-electron chi connectivity index (χ1n) is 9.53. The van der Waals surface area contributed by atoms with E-state index in [0.29, 0.717) is 17.4 Å². The highest BCUT2D eigenvalue weighted by Crippen LogP contribution is 2.26. The van der Waals surface area contributed by atoms with Gasteiger partial charge in [-0.05, 0) is 55.5 Å². The lowest BCUT2D eigenvalue weighted by Crippen LogP contribution is -2.34. The van der Waals surface area contributed by atoms with E-state index >= 15 is 0 Å². The van der Waals surface area contributed by atoms with Crippen molar-refractivity contribution in [3.05, 3.63) is 35.4 Å². The summed E-state index contributed by atoms with van der Waals surface area (Å²) in [6.07, 6.45) is 5.30. The van der Waals surface area contributed by atoms with Crippen molar-refractivity contribution in [1.82, 2.24) is 9.80 Å². The molecular formula is C20H30N2O3. The number of carbonyl (C=O) groups is 1. The largest absolute Gasteiger partial charge is 0.478 e. The van der Waals surface area contributed by atoms with Crippen LogP contribution >= 0.6 is 0 Å². The Balaban J connectivity index is 1.55. The van der Waals surface area contributed by atoms with Gasteiger partial charge in [-0.1, -0.05) is 25.0 Å². The highest BCUT2D eigenvalue weighted by Gasteiger charge is 2.33. The quantitative estimate of drug-likeness (QED) is 0.827. The SMILES string of the molecule is O=C(O)c1ccc(CN2C[C@@H](CN3CCCCCC3)[C@@H](CO)C2)cc1. The summed E-state index contributed by atoms with van der Waals surface area (Å²) < 4.78 is 0. The number of hydrogen-bond acceptors (Lipinski definition) is 4. The first-order valence-corrected chi connectivity index (χ1v) is 9.53. The van der Waals surface area contributed by atoms with Gasteiger partial charge in [0.1, 0.15) is 0 Å². The lowest BCUT2D eigenvalue weighted by Gasteiger charge is -2.26. The number of benzene rings is 1. The number of hydrogen-bond donors (Lipinski definition) is 2. The highest BCUT2D eigenvalue weighted by atomic mass is 16.4. The molecule has 1 aromatic rings. The molecular weight excluding hydrogens is 316 g/mol. The van der Waals surface area contributed by atoms with Crippen molar-refractivity contribution in [2.45, 2.75) is 32.2 Å². The minimum atomic E-state index is -0.884. The van der Waals surface area contributed by atoms with Crippen LogP contribution in [0.4, 0.5) is 0 Å². The molecule has 0 unspecified atom stereocenters. The first kappa shape index (κ1) is 18.4. The second-order valence-electron chi connectivity index (χ2n) is 7.61. The van der Waals surface area contributed by atoms with Crippen molar-refractivity contribution >= 4 is 5.97 Å². The summed E-state index contributed by atoms with van der Waals surface area (Å²) in [6.45, 7) is 6.52.